The van der Waals surface area contributed by atoms with E-state index >= 15 is 0 Å². The van der Waals surface area contributed by atoms with E-state index in [1.807, 2.05) is 41.4 Å². The van der Waals surface area contributed by atoms with Gasteiger partial charge in [0.2, 0.25) is 0 Å². The summed E-state index contributed by atoms with van der Waals surface area (Å²) in [6.45, 7) is 0.665. The first-order valence-corrected chi connectivity index (χ1v) is 7.98. The summed E-state index contributed by atoms with van der Waals surface area (Å²) in [6.07, 6.45) is 1.77. The predicted octanol–water partition coefficient (Wildman–Crippen LogP) is 3.17. The molecule has 7 heteroatoms. The first-order chi connectivity index (χ1) is 11.2. The number of nitrogens with one attached hydrogen (secondary N) is 1. The summed E-state index contributed by atoms with van der Waals surface area (Å²) in [7, 11) is 5.17. The number of nitrogens with zero attached hydrogens (tertiary/aromatic N) is 3. The Hall–Kier alpha value is -2.54. The van der Waals surface area contributed by atoms with Crippen molar-refractivity contribution in [1.82, 2.24) is 14.8 Å². The topological polar surface area (TPSA) is 61.2 Å². The number of aryl methyl sites for hydroxylation is 1. The minimum absolute atomic E-state index is 0.665. The van der Waals surface area contributed by atoms with Crippen LogP contribution in [0.15, 0.2) is 35.8 Å². The molecule has 23 heavy (non-hydrogen) atoms. The fourth-order valence-electron chi connectivity index (χ4n) is 2.27. The van der Waals surface area contributed by atoms with E-state index < -0.39 is 0 Å². The first-order valence-electron chi connectivity index (χ1n) is 7.10. The van der Waals surface area contributed by atoms with E-state index in [-0.39, 0.29) is 0 Å². The molecule has 0 aliphatic heterocycles. The number of methoxy groups -OCH3 is 2. The molecule has 0 saturated carbocycles. The Kier molecular flexibility index (Phi) is 4.47. The highest BCUT2D eigenvalue weighted by atomic mass is 32.1. The highest BCUT2D eigenvalue weighted by Crippen LogP contribution is 2.28. The van der Waals surface area contributed by atoms with Crippen LogP contribution in [0.2, 0.25) is 0 Å². The predicted molar refractivity (Wildman–Crippen MR) is 91.2 cm³/mol. The molecular weight excluding hydrogens is 312 g/mol. The van der Waals surface area contributed by atoms with Crippen molar-refractivity contribution in [3.8, 4) is 22.9 Å². The Balaban J connectivity index is 1.69. The van der Waals surface area contributed by atoms with E-state index in [4.69, 9.17) is 9.47 Å². The van der Waals surface area contributed by atoms with Gasteiger partial charge in [0.25, 0.3) is 0 Å². The van der Waals surface area contributed by atoms with Gasteiger partial charge in [0.05, 0.1) is 19.9 Å². The quantitative estimate of drug-likeness (QED) is 0.752. The summed E-state index contributed by atoms with van der Waals surface area (Å²) in [5.41, 5.74) is 3.02. The molecule has 0 bridgehead atoms. The average molecular weight is 330 g/mol. The largest absolute Gasteiger partial charge is 0.493 e. The van der Waals surface area contributed by atoms with Gasteiger partial charge in [-0.25, -0.2) is 4.98 Å². The van der Waals surface area contributed by atoms with Gasteiger partial charge in [-0.1, -0.05) is 6.07 Å². The van der Waals surface area contributed by atoms with Crippen molar-refractivity contribution in [3.63, 3.8) is 0 Å². The number of aromatic nitrogens is 3. The van der Waals surface area contributed by atoms with Gasteiger partial charge in [-0.2, -0.15) is 5.10 Å². The zero-order valence-corrected chi connectivity index (χ0v) is 14.1. The van der Waals surface area contributed by atoms with Crippen LogP contribution in [0.3, 0.4) is 0 Å². The van der Waals surface area contributed by atoms with Crippen LogP contribution in [-0.2, 0) is 13.6 Å². The minimum Gasteiger partial charge on any atom is -0.493 e. The summed E-state index contributed by atoms with van der Waals surface area (Å²) in [4.78, 5) is 4.60. The lowest BCUT2D eigenvalue weighted by atomic mass is 10.2. The van der Waals surface area contributed by atoms with E-state index in [0.29, 0.717) is 6.54 Å². The van der Waals surface area contributed by atoms with Crippen molar-refractivity contribution in [2.45, 2.75) is 6.54 Å². The first kappa shape index (κ1) is 15.4. The Bertz CT molecular complexity index is 797. The number of hydrogen-bond donors (Lipinski definition) is 1. The number of benzene rings is 1. The van der Waals surface area contributed by atoms with Gasteiger partial charge in [0, 0.05) is 25.2 Å². The Morgan fingerprint density at radius 3 is 2.70 bits per heavy atom. The zero-order chi connectivity index (χ0) is 16.2. The average Bonchev–Trinajstić information content (AvgIpc) is 3.21. The molecule has 3 rings (SSSR count). The fraction of sp³-hybridized carbons (Fsp3) is 0.250. The second kappa shape index (κ2) is 6.70. The molecule has 0 unspecified atom stereocenters. The van der Waals surface area contributed by atoms with Crippen LogP contribution in [-0.4, -0.2) is 29.0 Å². The Morgan fingerprint density at radius 1 is 1.17 bits per heavy atom. The van der Waals surface area contributed by atoms with Gasteiger partial charge in [-0.3, -0.25) is 4.68 Å². The number of hydrogen-bond acceptors (Lipinski definition) is 6. The molecule has 3 aromatic rings. The zero-order valence-electron chi connectivity index (χ0n) is 13.2. The van der Waals surface area contributed by atoms with Crippen molar-refractivity contribution < 1.29 is 9.47 Å². The maximum absolute atomic E-state index is 5.32. The maximum atomic E-state index is 5.32. The van der Waals surface area contributed by atoms with Crippen LogP contribution in [0.25, 0.3) is 11.4 Å². The molecule has 0 atom stereocenters. The molecule has 0 radical (unpaired) electrons. The SMILES string of the molecule is COc1ccc(CNc2nc(-c3ccnn3C)cs2)cc1OC. The van der Waals surface area contributed by atoms with Gasteiger partial charge in [0.15, 0.2) is 16.6 Å². The summed E-state index contributed by atoms with van der Waals surface area (Å²) in [5, 5.41) is 10.4. The maximum Gasteiger partial charge on any atom is 0.183 e. The van der Waals surface area contributed by atoms with E-state index in [1.165, 1.54) is 0 Å². The van der Waals surface area contributed by atoms with Gasteiger partial charge in [0.1, 0.15) is 5.69 Å². The number of thiazole rings is 1. The van der Waals surface area contributed by atoms with Crippen molar-refractivity contribution >= 4 is 16.5 Å². The monoisotopic (exact) mass is 330 g/mol. The van der Waals surface area contributed by atoms with Gasteiger partial charge < -0.3 is 14.8 Å². The van der Waals surface area contributed by atoms with Crippen LogP contribution in [0.5, 0.6) is 11.5 Å². The molecule has 0 aliphatic carbocycles. The summed E-state index contributed by atoms with van der Waals surface area (Å²) >= 11 is 1.57. The van der Waals surface area contributed by atoms with Crippen LogP contribution < -0.4 is 14.8 Å². The van der Waals surface area contributed by atoms with Crippen molar-refractivity contribution in [3.05, 3.63) is 41.4 Å². The van der Waals surface area contributed by atoms with Crippen LogP contribution >= 0.6 is 11.3 Å². The van der Waals surface area contributed by atoms with E-state index in [1.54, 1.807) is 31.8 Å². The number of anilines is 1. The molecular formula is C16H18N4O2S. The third-order valence-electron chi connectivity index (χ3n) is 3.48. The van der Waals surface area contributed by atoms with Gasteiger partial charge >= 0.3 is 0 Å². The van der Waals surface area contributed by atoms with Crippen LogP contribution in [0, 0.1) is 0 Å². The van der Waals surface area contributed by atoms with E-state index in [2.05, 4.69) is 15.4 Å². The number of rotatable bonds is 6. The second-order valence-electron chi connectivity index (χ2n) is 4.92. The number of ether oxygens (including phenoxy) is 2. The molecule has 0 amide bonds. The molecule has 0 saturated heterocycles. The van der Waals surface area contributed by atoms with Gasteiger partial charge in [-0.05, 0) is 23.8 Å². The molecule has 2 aromatic heterocycles. The Labute approximate surface area is 138 Å². The highest BCUT2D eigenvalue weighted by molar-refractivity contribution is 7.14. The molecule has 1 aromatic carbocycles. The lowest BCUT2D eigenvalue weighted by molar-refractivity contribution is 0.354. The van der Waals surface area contributed by atoms with Crippen LogP contribution in [0.1, 0.15) is 5.56 Å². The van der Waals surface area contributed by atoms with Crippen molar-refractivity contribution in [2.24, 2.45) is 7.05 Å². The molecule has 2 heterocycles. The third-order valence-corrected chi connectivity index (χ3v) is 4.28. The lowest BCUT2D eigenvalue weighted by Gasteiger charge is -2.09. The molecule has 0 aliphatic rings. The van der Waals surface area contributed by atoms with Gasteiger partial charge in [-0.15, -0.1) is 11.3 Å². The standard InChI is InChI=1S/C16H18N4O2S/c1-20-13(6-7-18-20)12-10-23-16(19-12)17-9-11-4-5-14(21-2)15(8-11)22-3/h4-8,10H,9H2,1-3H3,(H,17,19). The molecule has 1 N–H and O–H groups in total. The van der Waals surface area contributed by atoms with E-state index in [9.17, 15) is 0 Å². The normalized spacial score (nSPS) is 10.6. The molecule has 6 nitrogen and oxygen atoms in total. The smallest absolute Gasteiger partial charge is 0.183 e. The summed E-state index contributed by atoms with van der Waals surface area (Å²) in [6, 6.07) is 7.82. The second-order valence-corrected chi connectivity index (χ2v) is 5.78. The highest BCUT2D eigenvalue weighted by Gasteiger charge is 2.09. The summed E-state index contributed by atoms with van der Waals surface area (Å²) < 4.78 is 12.4. The third kappa shape index (κ3) is 3.29. The van der Waals surface area contributed by atoms with Crippen molar-refractivity contribution in [1.29, 1.82) is 0 Å². The summed E-state index contributed by atoms with van der Waals surface area (Å²) in [5.74, 6) is 1.45. The van der Waals surface area contributed by atoms with E-state index in [0.717, 1.165) is 33.6 Å². The molecule has 0 fully saturated rings. The lowest BCUT2D eigenvalue weighted by Crippen LogP contribution is -2.00. The minimum atomic E-state index is 0.665. The fourth-order valence-corrected chi connectivity index (χ4v) is 2.97. The molecule has 120 valence electrons. The van der Waals surface area contributed by atoms with Crippen molar-refractivity contribution in [2.75, 3.05) is 19.5 Å². The molecule has 0 spiro atoms. The van der Waals surface area contributed by atoms with Crippen LogP contribution in [0.4, 0.5) is 5.13 Å². The Morgan fingerprint density at radius 2 is 2.00 bits per heavy atom.